The van der Waals surface area contributed by atoms with Gasteiger partial charge in [0, 0.05) is 17.5 Å². The number of nitrogens with one attached hydrogen (secondary N) is 2. The van der Waals surface area contributed by atoms with E-state index in [9.17, 15) is 9.59 Å². The van der Waals surface area contributed by atoms with Gasteiger partial charge in [-0.1, -0.05) is 52.0 Å². The summed E-state index contributed by atoms with van der Waals surface area (Å²) >= 11 is 0. The number of hydrogen-bond acceptors (Lipinski definition) is 2. The van der Waals surface area contributed by atoms with Gasteiger partial charge in [0.1, 0.15) is 6.04 Å². The van der Waals surface area contributed by atoms with Crippen molar-refractivity contribution in [1.29, 1.82) is 0 Å². The summed E-state index contributed by atoms with van der Waals surface area (Å²) in [5.74, 6) is 0.660. The molecule has 1 aromatic rings. The smallest absolute Gasteiger partial charge is 0.321 e. The summed E-state index contributed by atoms with van der Waals surface area (Å²) < 4.78 is 0. The summed E-state index contributed by atoms with van der Waals surface area (Å²) in [6.45, 7) is 12.6. The van der Waals surface area contributed by atoms with Gasteiger partial charge >= 0.3 is 6.03 Å². The fourth-order valence-corrected chi connectivity index (χ4v) is 2.79. The molecule has 0 aliphatic rings. The average Bonchev–Trinajstić information content (AvgIpc) is 2.53. The van der Waals surface area contributed by atoms with Crippen molar-refractivity contribution in [2.45, 2.75) is 66.0 Å². The van der Waals surface area contributed by atoms with Crippen LogP contribution in [0, 0.1) is 5.92 Å². The number of carbonyl (C=O) groups is 2. The molecule has 1 aromatic carbocycles. The molecule has 2 atom stereocenters. The van der Waals surface area contributed by atoms with Crippen LogP contribution < -0.4 is 16.0 Å². The van der Waals surface area contributed by atoms with E-state index in [2.05, 4.69) is 62.6 Å². The molecular formula is C20H34N3O2+. The summed E-state index contributed by atoms with van der Waals surface area (Å²) in [6.07, 6.45) is 1.12. The maximum atomic E-state index is 12.0. The number of carbonyl (C=O) groups excluding carboxylic acids is 2. The average molecular weight is 349 g/mol. The molecule has 0 fully saturated rings. The van der Waals surface area contributed by atoms with Crippen molar-refractivity contribution in [1.82, 2.24) is 10.6 Å². The topological polar surface area (TPSA) is 74.8 Å². The van der Waals surface area contributed by atoms with E-state index in [1.54, 1.807) is 0 Å². The molecular weight excluding hydrogens is 314 g/mol. The number of nitrogens with two attached hydrogens (primary N) is 1. The Hall–Kier alpha value is -1.88. The molecule has 140 valence electrons. The van der Waals surface area contributed by atoms with E-state index in [0.717, 1.165) is 6.42 Å². The number of hydrogen-bond donors (Lipinski definition) is 3. The molecule has 3 amide bonds. The van der Waals surface area contributed by atoms with Crippen LogP contribution in [0.3, 0.4) is 0 Å². The van der Waals surface area contributed by atoms with Gasteiger partial charge in [-0.05, 0) is 31.7 Å². The summed E-state index contributed by atoms with van der Waals surface area (Å²) in [7, 11) is 0. The van der Waals surface area contributed by atoms with Crippen LogP contribution in [-0.4, -0.2) is 24.5 Å². The highest BCUT2D eigenvalue weighted by Gasteiger charge is 2.21. The van der Waals surface area contributed by atoms with Crippen LogP contribution in [0.25, 0.3) is 0 Å². The first kappa shape index (κ1) is 21.2. The number of urea groups is 1. The molecule has 0 bridgehead atoms. The SMILES string of the molecule is CC[C@H](C)c1ccc([C@H]([NH2+]CC(=O)NC(=O)NC(C)C)C(C)C)cc1. The van der Waals surface area contributed by atoms with E-state index in [1.807, 2.05) is 19.2 Å². The molecule has 5 nitrogen and oxygen atoms in total. The summed E-state index contributed by atoms with van der Waals surface area (Å²) in [6, 6.07) is 8.44. The van der Waals surface area contributed by atoms with Gasteiger partial charge in [0.25, 0.3) is 5.91 Å². The monoisotopic (exact) mass is 348 g/mol. The first-order valence-electron chi connectivity index (χ1n) is 9.28. The Labute approximate surface area is 152 Å². The Balaban J connectivity index is 2.65. The molecule has 0 saturated carbocycles. The van der Waals surface area contributed by atoms with Crippen LogP contribution >= 0.6 is 0 Å². The summed E-state index contributed by atoms with van der Waals surface area (Å²) in [5, 5.41) is 7.02. The third kappa shape index (κ3) is 7.26. The highest BCUT2D eigenvalue weighted by Crippen LogP contribution is 2.22. The first-order chi connectivity index (χ1) is 11.7. The fraction of sp³-hybridized carbons (Fsp3) is 0.600. The van der Waals surface area contributed by atoms with E-state index in [-0.39, 0.29) is 24.5 Å². The largest absolute Gasteiger partial charge is 0.336 e. The predicted molar refractivity (Wildman–Crippen MR) is 101 cm³/mol. The normalized spacial score (nSPS) is 13.6. The van der Waals surface area contributed by atoms with Crippen LogP contribution in [0.2, 0.25) is 0 Å². The molecule has 0 unspecified atom stereocenters. The second-order valence-corrected chi connectivity index (χ2v) is 7.36. The third-order valence-corrected chi connectivity index (χ3v) is 4.45. The zero-order chi connectivity index (χ0) is 19.0. The number of benzene rings is 1. The van der Waals surface area contributed by atoms with Crippen molar-refractivity contribution in [3.8, 4) is 0 Å². The molecule has 0 heterocycles. The number of amides is 3. The third-order valence-electron chi connectivity index (χ3n) is 4.45. The van der Waals surface area contributed by atoms with Crippen molar-refractivity contribution in [3.05, 3.63) is 35.4 Å². The van der Waals surface area contributed by atoms with Crippen molar-refractivity contribution < 1.29 is 14.9 Å². The molecule has 5 heteroatoms. The van der Waals surface area contributed by atoms with Gasteiger partial charge < -0.3 is 10.6 Å². The van der Waals surface area contributed by atoms with E-state index in [4.69, 9.17) is 0 Å². The minimum atomic E-state index is -0.438. The zero-order valence-electron chi connectivity index (χ0n) is 16.4. The number of imide groups is 1. The Morgan fingerprint density at radius 3 is 2.04 bits per heavy atom. The highest BCUT2D eigenvalue weighted by molar-refractivity contribution is 5.94. The van der Waals surface area contributed by atoms with Gasteiger partial charge in [-0.25, -0.2) is 4.79 Å². The molecule has 0 radical (unpaired) electrons. The van der Waals surface area contributed by atoms with Crippen LogP contribution in [0.1, 0.15) is 71.0 Å². The minimum absolute atomic E-state index is 0.00391. The van der Waals surface area contributed by atoms with E-state index in [0.29, 0.717) is 11.8 Å². The van der Waals surface area contributed by atoms with Crippen molar-refractivity contribution in [2.24, 2.45) is 5.92 Å². The molecule has 0 aliphatic heterocycles. The van der Waals surface area contributed by atoms with E-state index in [1.165, 1.54) is 11.1 Å². The predicted octanol–water partition coefficient (Wildman–Crippen LogP) is 2.69. The lowest BCUT2D eigenvalue weighted by Gasteiger charge is -2.20. The van der Waals surface area contributed by atoms with Gasteiger partial charge in [-0.3, -0.25) is 10.1 Å². The summed E-state index contributed by atoms with van der Waals surface area (Å²) in [5.41, 5.74) is 2.55. The van der Waals surface area contributed by atoms with Crippen molar-refractivity contribution in [2.75, 3.05) is 6.54 Å². The Kier molecular flexibility index (Phi) is 8.62. The van der Waals surface area contributed by atoms with Gasteiger partial charge in [0.05, 0.1) is 0 Å². The molecule has 0 spiro atoms. The molecule has 4 N–H and O–H groups in total. The van der Waals surface area contributed by atoms with E-state index < -0.39 is 6.03 Å². The van der Waals surface area contributed by atoms with E-state index >= 15 is 0 Å². The Bertz CT molecular complexity index is 553. The second-order valence-electron chi connectivity index (χ2n) is 7.36. The van der Waals surface area contributed by atoms with Crippen molar-refractivity contribution in [3.63, 3.8) is 0 Å². The van der Waals surface area contributed by atoms with Crippen LogP contribution in [-0.2, 0) is 4.79 Å². The molecule has 25 heavy (non-hydrogen) atoms. The lowest BCUT2D eigenvalue weighted by atomic mass is 9.92. The lowest BCUT2D eigenvalue weighted by molar-refractivity contribution is -0.692. The second kappa shape index (κ2) is 10.2. The van der Waals surface area contributed by atoms with Crippen LogP contribution in [0.15, 0.2) is 24.3 Å². The number of quaternary nitrogens is 1. The molecule has 1 rings (SSSR count). The Morgan fingerprint density at radius 2 is 1.56 bits per heavy atom. The maximum Gasteiger partial charge on any atom is 0.321 e. The number of rotatable bonds is 8. The van der Waals surface area contributed by atoms with Crippen LogP contribution in [0.4, 0.5) is 4.79 Å². The van der Waals surface area contributed by atoms with Crippen LogP contribution in [0.5, 0.6) is 0 Å². The molecule has 0 aliphatic carbocycles. The Morgan fingerprint density at radius 1 is 1.00 bits per heavy atom. The van der Waals surface area contributed by atoms with Gasteiger partial charge in [-0.2, -0.15) is 0 Å². The molecule has 0 saturated heterocycles. The quantitative estimate of drug-likeness (QED) is 0.676. The summed E-state index contributed by atoms with van der Waals surface area (Å²) in [4.78, 5) is 23.6. The fourth-order valence-electron chi connectivity index (χ4n) is 2.79. The minimum Gasteiger partial charge on any atom is -0.336 e. The molecule has 0 aromatic heterocycles. The lowest BCUT2D eigenvalue weighted by Crippen LogP contribution is -2.88. The standard InChI is InChI=1S/C20H33N3O2/c1-7-15(6)16-8-10-17(11-9-16)19(13(2)3)21-12-18(24)23-20(25)22-14(4)5/h8-11,13-15,19,21H,7,12H2,1-6H3,(H2,22,23,24,25)/p+1/t15-,19+/m0/s1. The highest BCUT2D eigenvalue weighted by atomic mass is 16.2. The van der Waals surface area contributed by atoms with Gasteiger partial charge in [0.2, 0.25) is 0 Å². The van der Waals surface area contributed by atoms with Gasteiger partial charge in [0.15, 0.2) is 6.54 Å². The first-order valence-corrected chi connectivity index (χ1v) is 9.28. The maximum absolute atomic E-state index is 12.0. The van der Waals surface area contributed by atoms with Crippen molar-refractivity contribution >= 4 is 11.9 Å². The van der Waals surface area contributed by atoms with Gasteiger partial charge in [-0.15, -0.1) is 0 Å². The zero-order valence-corrected chi connectivity index (χ0v) is 16.4.